The first-order valence-electron chi connectivity index (χ1n) is 6.75. The molecule has 1 rings (SSSR count). The van der Waals surface area contributed by atoms with Crippen molar-refractivity contribution >= 4 is 37.8 Å². The average Bonchev–Trinajstić information content (AvgIpc) is 2.34. The van der Waals surface area contributed by atoms with Crippen LogP contribution in [0.25, 0.3) is 0 Å². The normalized spacial score (nSPS) is 13.0. The molecule has 0 saturated carbocycles. The molecule has 1 atom stereocenters. The van der Waals surface area contributed by atoms with E-state index in [9.17, 15) is 4.79 Å². The van der Waals surface area contributed by atoms with Gasteiger partial charge in [0.15, 0.2) is 0 Å². The van der Waals surface area contributed by atoms with E-state index < -0.39 is 0 Å². The second-order valence-corrected chi connectivity index (χ2v) is 7.82. The predicted octanol–water partition coefficient (Wildman–Crippen LogP) is 3.60. The van der Waals surface area contributed by atoms with Gasteiger partial charge < -0.3 is 15.8 Å². The Hall–Kier alpha value is -0.590. The molecule has 3 N–H and O–H groups in total. The van der Waals surface area contributed by atoms with Crippen LogP contribution in [0.3, 0.4) is 0 Å². The first-order chi connectivity index (χ1) is 9.60. The molecule has 0 aliphatic heterocycles. The van der Waals surface area contributed by atoms with E-state index in [1.165, 1.54) is 0 Å². The molecule has 0 aliphatic carbocycles. The number of carbonyl (C=O) groups excluding carboxylic acids is 1. The highest BCUT2D eigenvalue weighted by atomic mass is 79.9. The van der Waals surface area contributed by atoms with Crippen molar-refractivity contribution in [1.82, 2.24) is 5.32 Å². The second kappa shape index (κ2) is 7.61. The largest absolute Gasteiger partial charge is 0.490 e. The minimum atomic E-state index is -0.367. The summed E-state index contributed by atoms with van der Waals surface area (Å²) in [5, 5.41) is 3.43. The molecular weight excluding hydrogens is 400 g/mol. The molecule has 118 valence electrons. The number of hydrogen-bond donors (Lipinski definition) is 2. The van der Waals surface area contributed by atoms with E-state index in [4.69, 9.17) is 10.5 Å². The standard InChI is InChI=1S/C15H22Br2N2O2/c1-9(14(18)20)8-21-13-11(16)5-10(6-12(13)17)7-19-15(2,3)4/h5-6,9,19H,7-8H2,1-4H3,(H2,18,20). The Morgan fingerprint density at radius 1 is 1.33 bits per heavy atom. The molecule has 0 saturated heterocycles. The van der Waals surface area contributed by atoms with Gasteiger partial charge >= 0.3 is 0 Å². The van der Waals surface area contributed by atoms with Crippen LogP contribution in [-0.2, 0) is 11.3 Å². The molecule has 0 spiro atoms. The maximum Gasteiger partial charge on any atom is 0.223 e. The van der Waals surface area contributed by atoms with Gasteiger partial charge in [0.1, 0.15) is 5.75 Å². The Kier molecular flexibility index (Phi) is 6.69. The maximum absolute atomic E-state index is 11.0. The Morgan fingerprint density at radius 2 is 1.86 bits per heavy atom. The molecule has 0 bridgehead atoms. The predicted molar refractivity (Wildman–Crippen MR) is 92.3 cm³/mol. The molecule has 0 fully saturated rings. The lowest BCUT2D eigenvalue weighted by Crippen LogP contribution is -2.35. The van der Waals surface area contributed by atoms with Gasteiger partial charge in [-0.05, 0) is 70.3 Å². The summed E-state index contributed by atoms with van der Waals surface area (Å²) < 4.78 is 7.37. The summed E-state index contributed by atoms with van der Waals surface area (Å²) in [5.41, 5.74) is 6.43. The summed E-state index contributed by atoms with van der Waals surface area (Å²) in [7, 11) is 0. The van der Waals surface area contributed by atoms with Crippen molar-refractivity contribution in [2.45, 2.75) is 39.8 Å². The smallest absolute Gasteiger partial charge is 0.223 e. The molecule has 0 heterocycles. The van der Waals surface area contributed by atoms with Crippen LogP contribution in [-0.4, -0.2) is 18.1 Å². The van der Waals surface area contributed by atoms with Gasteiger partial charge in [0, 0.05) is 12.1 Å². The molecule has 1 aromatic rings. The summed E-state index contributed by atoms with van der Waals surface area (Å²) in [4.78, 5) is 11.0. The molecule has 0 radical (unpaired) electrons. The first kappa shape index (κ1) is 18.5. The fraction of sp³-hybridized carbons (Fsp3) is 0.533. The van der Waals surface area contributed by atoms with Gasteiger partial charge in [-0.1, -0.05) is 6.92 Å². The molecule has 0 aliphatic rings. The lowest BCUT2D eigenvalue weighted by atomic mass is 10.1. The number of primary amides is 1. The topological polar surface area (TPSA) is 64.3 Å². The summed E-state index contributed by atoms with van der Waals surface area (Å²) in [6, 6.07) is 4.02. The first-order valence-corrected chi connectivity index (χ1v) is 8.34. The fourth-order valence-electron chi connectivity index (χ4n) is 1.51. The molecule has 1 aromatic carbocycles. The minimum absolute atomic E-state index is 0.0606. The number of benzene rings is 1. The van der Waals surface area contributed by atoms with Crippen LogP contribution < -0.4 is 15.8 Å². The number of amides is 1. The third-order valence-corrected chi connectivity index (χ3v) is 4.02. The Bertz CT molecular complexity index is 490. The van der Waals surface area contributed by atoms with Crippen LogP contribution in [0.1, 0.15) is 33.3 Å². The average molecular weight is 422 g/mol. The van der Waals surface area contributed by atoms with Crippen molar-refractivity contribution in [2.75, 3.05) is 6.61 Å². The van der Waals surface area contributed by atoms with Gasteiger partial charge in [-0.3, -0.25) is 4.79 Å². The zero-order valence-electron chi connectivity index (χ0n) is 12.8. The fourth-order valence-corrected chi connectivity index (χ4v) is 3.02. The number of carbonyl (C=O) groups is 1. The summed E-state index contributed by atoms with van der Waals surface area (Å²) in [5.74, 6) is -0.0121. The lowest BCUT2D eigenvalue weighted by Gasteiger charge is -2.21. The van der Waals surface area contributed by atoms with Gasteiger partial charge in [-0.15, -0.1) is 0 Å². The summed E-state index contributed by atoms with van der Waals surface area (Å²) >= 11 is 7.01. The van der Waals surface area contributed by atoms with Crippen molar-refractivity contribution in [3.05, 3.63) is 26.6 Å². The van der Waals surface area contributed by atoms with Crippen LogP contribution in [0.2, 0.25) is 0 Å². The van der Waals surface area contributed by atoms with Crippen molar-refractivity contribution in [3.8, 4) is 5.75 Å². The quantitative estimate of drug-likeness (QED) is 0.737. The highest BCUT2D eigenvalue weighted by Crippen LogP contribution is 2.35. The van der Waals surface area contributed by atoms with E-state index in [0.717, 1.165) is 21.1 Å². The number of nitrogens with two attached hydrogens (primary N) is 1. The Morgan fingerprint density at radius 3 is 2.29 bits per heavy atom. The number of nitrogens with one attached hydrogen (secondary N) is 1. The molecule has 21 heavy (non-hydrogen) atoms. The number of rotatable bonds is 6. The van der Waals surface area contributed by atoms with Crippen molar-refractivity contribution in [3.63, 3.8) is 0 Å². The SMILES string of the molecule is CC(COc1c(Br)cc(CNC(C)(C)C)cc1Br)C(N)=O. The van der Waals surface area contributed by atoms with E-state index in [1.54, 1.807) is 6.92 Å². The number of ether oxygens (including phenoxy) is 1. The van der Waals surface area contributed by atoms with Crippen LogP contribution >= 0.6 is 31.9 Å². The van der Waals surface area contributed by atoms with Gasteiger partial charge in [-0.25, -0.2) is 0 Å². The third-order valence-electron chi connectivity index (χ3n) is 2.84. The van der Waals surface area contributed by atoms with Crippen LogP contribution in [0.5, 0.6) is 5.75 Å². The van der Waals surface area contributed by atoms with Gasteiger partial charge in [0.25, 0.3) is 0 Å². The highest BCUT2D eigenvalue weighted by molar-refractivity contribution is 9.11. The number of halogens is 2. The van der Waals surface area contributed by atoms with Crippen LogP contribution in [0.4, 0.5) is 0 Å². The van der Waals surface area contributed by atoms with E-state index in [-0.39, 0.29) is 24.0 Å². The summed E-state index contributed by atoms with van der Waals surface area (Å²) in [6.07, 6.45) is 0. The molecule has 0 aromatic heterocycles. The van der Waals surface area contributed by atoms with Crippen molar-refractivity contribution in [1.29, 1.82) is 0 Å². The highest BCUT2D eigenvalue weighted by Gasteiger charge is 2.15. The molecular formula is C15H22Br2N2O2. The van der Waals surface area contributed by atoms with Gasteiger partial charge in [-0.2, -0.15) is 0 Å². The van der Waals surface area contributed by atoms with Gasteiger partial charge in [0.2, 0.25) is 5.91 Å². The molecule has 4 nitrogen and oxygen atoms in total. The van der Waals surface area contributed by atoms with E-state index in [2.05, 4.69) is 57.9 Å². The van der Waals surface area contributed by atoms with E-state index in [0.29, 0.717) is 5.75 Å². The molecule has 1 unspecified atom stereocenters. The minimum Gasteiger partial charge on any atom is -0.490 e. The second-order valence-electron chi connectivity index (χ2n) is 6.11. The third kappa shape index (κ3) is 6.36. The Labute approximate surface area is 143 Å². The van der Waals surface area contributed by atoms with E-state index in [1.807, 2.05) is 12.1 Å². The zero-order valence-corrected chi connectivity index (χ0v) is 16.0. The summed E-state index contributed by atoms with van der Waals surface area (Å²) in [6.45, 7) is 9.13. The van der Waals surface area contributed by atoms with Crippen molar-refractivity contribution in [2.24, 2.45) is 11.7 Å². The lowest BCUT2D eigenvalue weighted by molar-refractivity contribution is -0.122. The van der Waals surface area contributed by atoms with Crippen molar-refractivity contribution < 1.29 is 9.53 Å². The van der Waals surface area contributed by atoms with Crippen LogP contribution in [0, 0.1) is 5.92 Å². The molecule has 6 heteroatoms. The monoisotopic (exact) mass is 420 g/mol. The maximum atomic E-state index is 11.0. The zero-order chi connectivity index (χ0) is 16.2. The number of hydrogen-bond acceptors (Lipinski definition) is 3. The van der Waals surface area contributed by atoms with E-state index >= 15 is 0 Å². The Balaban J connectivity index is 2.78. The van der Waals surface area contributed by atoms with Crippen LogP contribution in [0.15, 0.2) is 21.1 Å². The molecule has 1 amide bonds. The van der Waals surface area contributed by atoms with Gasteiger partial charge in [0.05, 0.1) is 21.5 Å².